The van der Waals surface area contributed by atoms with E-state index >= 15 is 0 Å². The van der Waals surface area contributed by atoms with Crippen LogP contribution in [0.15, 0.2) is 18.3 Å². The van der Waals surface area contributed by atoms with E-state index in [1.54, 1.807) is 6.20 Å². The number of hydrogen-bond donors (Lipinski definition) is 2. The summed E-state index contributed by atoms with van der Waals surface area (Å²) in [4.78, 5) is 3.95. The van der Waals surface area contributed by atoms with Crippen LogP contribution in [0.3, 0.4) is 0 Å². The van der Waals surface area contributed by atoms with Gasteiger partial charge in [0, 0.05) is 19.2 Å². The van der Waals surface area contributed by atoms with Gasteiger partial charge in [0.25, 0.3) is 0 Å². The lowest BCUT2D eigenvalue weighted by molar-refractivity contribution is 0.0375. The zero-order valence-electron chi connectivity index (χ0n) is 9.02. The molecule has 0 saturated carbocycles. The zero-order valence-corrected chi connectivity index (χ0v) is 9.02. The Balaban J connectivity index is 2.37. The lowest BCUT2D eigenvalue weighted by atomic mass is 10.1. The van der Waals surface area contributed by atoms with Crippen molar-refractivity contribution in [3.05, 3.63) is 23.9 Å². The Bertz CT molecular complexity index is 292. The third-order valence-corrected chi connectivity index (χ3v) is 2.04. The van der Waals surface area contributed by atoms with Crippen LogP contribution in [0.5, 0.6) is 0 Å². The summed E-state index contributed by atoms with van der Waals surface area (Å²) in [7, 11) is 0. The number of aromatic nitrogens is 1. The van der Waals surface area contributed by atoms with Crippen molar-refractivity contribution in [2.75, 3.05) is 18.9 Å². The molecule has 1 rings (SSSR count). The number of hydrogen-bond acceptors (Lipinski definition) is 4. The minimum Gasteiger partial charge on any atom is -0.390 e. The van der Waals surface area contributed by atoms with Gasteiger partial charge in [-0.3, -0.25) is 0 Å². The predicted octanol–water partition coefficient (Wildman–Crippen LogP) is 0.994. The van der Waals surface area contributed by atoms with Gasteiger partial charge in [-0.1, -0.05) is 13.0 Å². The number of nitrogen functional groups attached to an aromatic ring is 1. The number of nitrogens with zero attached hydrogens (tertiary/aromatic N) is 1. The molecule has 4 nitrogen and oxygen atoms in total. The second kappa shape index (κ2) is 6.37. The first-order valence-corrected chi connectivity index (χ1v) is 5.19. The summed E-state index contributed by atoms with van der Waals surface area (Å²) in [6, 6.07) is 3.68. The summed E-state index contributed by atoms with van der Waals surface area (Å²) in [6.45, 7) is 3.06. The summed E-state index contributed by atoms with van der Waals surface area (Å²) >= 11 is 0. The van der Waals surface area contributed by atoms with Crippen molar-refractivity contribution >= 4 is 5.82 Å². The van der Waals surface area contributed by atoms with Crippen LogP contribution in [-0.2, 0) is 11.2 Å². The van der Waals surface area contributed by atoms with E-state index in [-0.39, 0.29) is 0 Å². The van der Waals surface area contributed by atoms with Crippen LogP contribution < -0.4 is 5.73 Å². The van der Waals surface area contributed by atoms with E-state index < -0.39 is 6.10 Å². The fourth-order valence-electron chi connectivity index (χ4n) is 1.30. The van der Waals surface area contributed by atoms with Gasteiger partial charge in [-0.15, -0.1) is 0 Å². The monoisotopic (exact) mass is 210 g/mol. The maximum absolute atomic E-state index is 9.65. The van der Waals surface area contributed by atoms with Gasteiger partial charge in [0.05, 0.1) is 12.7 Å². The summed E-state index contributed by atoms with van der Waals surface area (Å²) in [5.41, 5.74) is 6.53. The van der Waals surface area contributed by atoms with Crippen LogP contribution in [0.1, 0.15) is 18.9 Å². The Kier molecular flexibility index (Phi) is 5.07. The van der Waals surface area contributed by atoms with Crippen LogP contribution in [0.2, 0.25) is 0 Å². The standard InChI is InChI=1S/C11H18N2O2/c1-2-6-15-8-10(14)7-9-4-3-5-13-11(9)12/h3-5,10,14H,2,6-8H2,1H3,(H2,12,13). The first-order valence-electron chi connectivity index (χ1n) is 5.19. The van der Waals surface area contributed by atoms with Crippen LogP contribution in [0.25, 0.3) is 0 Å². The lowest BCUT2D eigenvalue weighted by Gasteiger charge is -2.11. The highest BCUT2D eigenvalue weighted by molar-refractivity contribution is 5.38. The minimum absolute atomic E-state index is 0.349. The highest BCUT2D eigenvalue weighted by Crippen LogP contribution is 2.09. The fraction of sp³-hybridized carbons (Fsp3) is 0.545. The second-order valence-electron chi connectivity index (χ2n) is 3.48. The molecule has 0 bridgehead atoms. The molecule has 0 aliphatic heterocycles. The van der Waals surface area contributed by atoms with E-state index in [0.29, 0.717) is 25.5 Å². The summed E-state index contributed by atoms with van der Waals surface area (Å²) < 4.78 is 5.25. The van der Waals surface area contributed by atoms with Gasteiger partial charge < -0.3 is 15.6 Å². The number of aliphatic hydroxyl groups excluding tert-OH is 1. The van der Waals surface area contributed by atoms with Gasteiger partial charge in [-0.25, -0.2) is 4.98 Å². The van der Waals surface area contributed by atoms with Gasteiger partial charge >= 0.3 is 0 Å². The topological polar surface area (TPSA) is 68.4 Å². The molecule has 3 N–H and O–H groups in total. The maximum atomic E-state index is 9.65. The van der Waals surface area contributed by atoms with E-state index in [4.69, 9.17) is 10.5 Å². The smallest absolute Gasteiger partial charge is 0.126 e. The molecule has 15 heavy (non-hydrogen) atoms. The van der Waals surface area contributed by atoms with Crippen molar-refractivity contribution in [2.45, 2.75) is 25.9 Å². The molecule has 1 aromatic heterocycles. The van der Waals surface area contributed by atoms with E-state index in [2.05, 4.69) is 4.98 Å². The third kappa shape index (κ3) is 4.27. The van der Waals surface area contributed by atoms with Gasteiger partial charge in [0.2, 0.25) is 0 Å². The number of pyridine rings is 1. The number of aliphatic hydroxyl groups is 1. The molecular weight excluding hydrogens is 192 g/mol. The van der Waals surface area contributed by atoms with E-state index in [9.17, 15) is 5.11 Å². The molecule has 0 amide bonds. The number of rotatable bonds is 6. The molecule has 1 heterocycles. The molecule has 1 atom stereocenters. The fourth-order valence-corrected chi connectivity index (χ4v) is 1.30. The molecule has 1 unspecified atom stereocenters. The molecule has 0 aromatic carbocycles. The first-order chi connectivity index (χ1) is 7.24. The van der Waals surface area contributed by atoms with Crippen molar-refractivity contribution in [3.8, 4) is 0 Å². The Morgan fingerprint density at radius 3 is 3.07 bits per heavy atom. The first kappa shape index (κ1) is 11.9. The van der Waals surface area contributed by atoms with Crippen LogP contribution >= 0.6 is 0 Å². The van der Waals surface area contributed by atoms with E-state index in [0.717, 1.165) is 12.0 Å². The predicted molar refractivity (Wildman–Crippen MR) is 59.5 cm³/mol. The number of anilines is 1. The third-order valence-electron chi connectivity index (χ3n) is 2.04. The molecule has 84 valence electrons. The number of nitrogens with two attached hydrogens (primary N) is 1. The Morgan fingerprint density at radius 2 is 2.40 bits per heavy atom. The zero-order chi connectivity index (χ0) is 11.1. The quantitative estimate of drug-likeness (QED) is 0.687. The van der Waals surface area contributed by atoms with Crippen LogP contribution in [0.4, 0.5) is 5.82 Å². The molecule has 0 saturated heterocycles. The van der Waals surface area contributed by atoms with Gasteiger partial charge in [0.1, 0.15) is 5.82 Å². The molecule has 0 aliphatic rings. The average Bonchev–Trinajstić information content (AvgIpc) is 2.22. The molecule has 0 radical (unpaired) electrons. The molecule has 0 aliphatic carbocycles. The molecule has 0 fully saturated rings. The highest BCUT2D eigenvalue weighted by Gasteiger charge is 2.08. The normalized spacial score (nSPS) is 12.7. The summed E-state index contributed by atoms with van der Waals surface area (Å²) in [5.74, 6) is 0.479. The van der Waals surface area contributed by atoms with Crippen molar-refractivity contribution in [1.29, 1.82) is 0 Å². The van der Waals surface area contributed by atoms with Gasteiger partial charge in [-0.2, -0.15) is 0 Å². The van der Waals surface area contributed by atoms with Gasteiger partial charge in [0.15, 0.2) is 0 Å². The second-order valence-corrected chi connectivity index (χ2v) is 3.48. The minimum atomic E-state index is -0.511. The van der Waals surface area contributed by atoms with Crippen LogP contribution in [0, 0.1) is 0 Å². The SMILES string of the molecule is CCCOCC(O)Cc1cccnc1N. The largest absolute Gasteiger partial charge is 0.390 e. The Hall–Kier alpha value is -1.13. The van der Waals surface area contributed by atoms with Crippen molar-refractivity contribution in [2.24, 2.45) is 0 Å². The van der Waals surface area contributed by atoms with Gasteiger partial charge in [-0.05, 0) is 18.1 Å². The molecule has 1 aromatic rings. The molecule has 4 heteroatoms. The summed E-state index contributed by atoms with van der Waals surface area (Å²) in [6.07, 6.45) is 2.58. The average molecular weight is 210 g/mol. The highest BCUT2D eigenvalue weighted by atomic mass is 16.5. The molecule has 0 spiro atoms. The van der Waals surface area contributed by atoms with E-state index in [1.165, 1.54) is 0 Å². The van der Waals surface area contributed by atoms with E-state index in [1.807, 2.05) is 19.1 Å². The Labute approximate surface area is 90.1 Å². The van der Waals surface area contributed by atoms with Crippen molar-refractivity contribution in [3.63, 3.8) is 0 Å². The van der Waals surface area contributed by atoms with Crippen molar-refractivity contribution < 1.29 is 9.84 Å². The van der Waals surface area contributed by atoms with Crippen molar-refractivity contribution in [1.82, 2.24) is 4.98 Å². The van der Waals surface area contributed by atoms with Crippen LogP contribution in [-0.4, -0.2) is 29.4 Å². The maximum Gasteiger partial charge on any atom is 0.126 e. The molecular formula is C11H18N2O2. The lowest BCUT2D eigenvalue weighted by Crippen LogP contribution is -2.19. The number of ether oxygens (including phenoxy) is 1. The Morgan fingerprint density at radius 1 is 1.60 bits per heavy atom. The summed E-state index contributed by atoms with van der Waals surface area (Å²) in [5, 5.41) is 9.65.